The molecule has 0 aromatic heterocycles. The van der Waals surface area contributed by atoms with Gasteiger partial charge in [-0.2, -0.15) is 0 Å². The highest BCUT2D eigenvalue weighted by Crippen LogP contribution is 2.39. The summed E-state index contributed by atoms with van der Waals surface area (Å²) in [5, 5.41) is 0. The van der Waals surface area contributed by atoms with Crippen LogP contribution in [0.2, 0.25) is 0 Å². The van der Waals surface area contributed by atoms with Crippen LogP contribution in [0.15, 0.2) is 42.5 Å². The predicted octanol–water partition coefficient (Wildman–Crippen LogP) is 3.53. The van der Waals surface area contributed by atoms with Gasteiger partial charge in [0.15, 0.2) is 5.78 Å². The quantitative estimate of drug-likeness (QED) is 0.787. The van der Waals surface area contributed by atoms with E-state index in [0.29, 0.717) is 18.9 Å². The second-order valence-electron chi connectivity index (χ2n) is 5.61. The van der Waals surface area contributed by atoms with Crippen molar-refractivity contribution in [2.75, 3.05) is 6.61 Å². The van der Waals surface area contributed by atoms with E-state index in [9.17, 15) is 4.79 Å². The molecule has 0 N–H and O–H groups in total. The fourth-order valence-electron chi connectivity index (χ4n) is 3.47. The van der Waals surface area contributed by atoms with E-state index in [1.165, 1.54) is 11.1 Å². The average Bonchev–Trinajstić information content (AvgIpc) is 2.96. The molecular weight excluding hydrogens is 248 g/mol. The number of benzene rings is 2. The van der Waals surface area contributed by atoms with Gasteiger partial charge in [-0.1, -0.05) is 36.4 Å². The fraction of sp³-hybridized carbons (Fsp3) is 0.278. The van der Waals surface area contributed by atoms with E-state index >= 15 is 0 Å². The van der Waals surface area contributed by atoms with Gasteiger partial charge in [-0.15, -0.1) is 0 Å². The third-order valence-corrected chi connectivity index (χ3v) is 4.41. The zero-order chi connectivity index (χ0) is 13.5. The fourth-order valence-corrected chi connectivity index (χ4v) is 3.47. The van der Waals surface area contributed by atoms with Gasteiger partial charge < -0.3 is 4.74 Å². The molecule has 100 valence electrons. The summed E-state index contributed by atoms with van der Waals surface area (Å²) < 4.78 is 5.57. The maximum atomic E-state index is 12.6. The minimum Gasteiger partial charge on any atom is -0.493 e. The molecule has 0 bridgehead atoms. The molecule has 0 radical (unpaired) electrons. The lowest BCUT2D eigenvalue weighted by Gasteiger charge is -2.25. The van der Waals surface area contributed by atoms with E-state index in [-0.39, 0.29) is 5.78 Å². The van der Waals surface area contributed by atoms with Gasteiger partial charge in [-0.05, 0) is 29.5 Å². The van der Waals surface area contributed by atoms with E-state index in [1.54, 1.807) is 0 Å². The highest BCUT2D eigenvalue weighted by Gasteiger charge is 2.31. The van der Waals surface area contributed by atoms with Gasteiger partial charge in [0.05, 0.1) is 6.61 Å². The van der Waals surface area contributed by atoms with Crippen LogP contribution >= 0.6 is 0 Å². The van der Waals surface area contributed by atoms with Crippen LogP contribution in [-0.4, -0.2) is 12.4 Å². The Hall–Kier alpha value is -2.09. The molecule has 20 heavy (non-hydrogen) atoms. The van der Waals surface area contributed by atoms with Crippen LogP contribution in [0.4, 0.5) is 0 Å². The number of fused-ring (bicyclic) bond motifs is 3. The first-order valence-electron chi connectivity index (χ1n) is 7.18. The largest absolute Gasteiger partial charge is 0.493 e. The molecule has 2 heteroatoms. The summed E-state index contributed by atoms with van der Waals surface area (Å²) in [7, 11) is 0. The third kappa shape index (κ3) is 1.75. The van der Waals surface area contributed by atoms with Crippen molar-refractivity contribution >= 4 is 5.78 Å². The van der Waals surface area contributed by atoms with E-state index < -0.39 is 0 Å². The Labute approximate surface area is 118 Å². The lowest BCUT2D eigenvalue weighted by molar-refractivity contribution is 0.0963. The molecule has 1 aliphatic carbocycles. The van der Waals surface area contributed by atoms with Crippen LogP contribution in [0, 0.1) is 0 Å². The first kappa shape index (κ1) is 11.7. The van der Waals surface area contributed by atoms with Gasteiger partial charge in [0, 0.05) is 24.0 Å². The lowest BCUT2D eigenvalue weighted by atomic mass is 9.77. The summed E-state index contributed by atoms with van der Waals surface area (Å²) in [6.07, 6.45) is 2.45. The maximum Gasteiger partial charge on any atom is 0.164 e. The first-order chi connectivity index (χ1) is 9.83. The number of hydrogen-bond acceptors (Lipinski definition) is 2. The second-order valence-corrected chi connectivity index (χ2v) is 5.61. The molecule has 1 aliphatic heterocycles. The standard InChI is InChI=1S/C18H16O2/c19-16-11-14(12-4-2-1-3-5-12)10-13-6-7-17-15(18(13)16)8-9-20-17/h1-7,14H,8-11H2. The Bertz CT molecular complexity index is 673. The van der Waals surface area contributed by atoms with Gasteiger partial charge in [-0.3, -0.25) is 4.79 Å². The summed E-state index contributed by atoms with van der Waals surface area (Å²) in [4.78, 5) is 12.6. The second kappa shape index (κ2) is 4.48. The Morgan fingerprint density at radius 2 is 1.85 bits per heavy atom. The van der Waals surface area contributed by atoms with E-state index in [2.05, 4.69) is 18.2 Å². The number of ketones is 1. The van der Waals surface area contributed by atoms with Crippen molar-refractivity contribution in [3.63, 3.8) is 0 Å². The van der Waals surface area contributed by atoms with E-state index in [4.69, 9.17) is 4.74 Å². The monoisotopic (exact) mass is 264 g/mol. The maximum absolute atomic E-state index is 12.6. The smallest absolute Gasteiger partial charge is 0.164 e. The average molecular weight is 264 g/mol. The molecule has 2 nitrogen and oxygen atoms in total. The Morgan fingerprint density at radius 1 is 1.00 bits per heavy atom. The summed E-state index contributed by atoms with van der Waals surface area (Å²) in [6.45, 7) is 0.710. The molecule has 2 aromatic rings. The number of carbonyl (C=O) groups excluding carboxylic acids is 1. The van der Waals surface area contributed by atoms with Crippen LogP contribution in [0.5, 0.6) is 5.75 Å². The minimum atomic E-state index is 0.280. The summed E-state index contributed by atoms with van der Waals surface area (Å²) in [5.41, 5.74) is 4.55. The van der Waals surface area contributed by atoms with Gasteiger partial charge in [0.1, 0.15) is 5.75 Å². The van der Waals surface area contributed by atoms with Gasteiger partial charge >= 0.3 is 0 Å². The normalized spacial score (nSPS) is 20.2. The SMILES string of the molecule is O=C1CC(c2ccccc2)Cc2ccc3c(c21)CCO3. The number of hydrogen-bond donors (Lipinski definition) is 0. The molecule has 0 spiro atoms. The van der Waals surface area contributed by atoms with Crippen molar-refractivity contribution in [1.29, 1.82) is 0 Å². The zero-order valence-corrected chi connectivity index (χ0v) is 11.3. The Morgan fingerprint density at radius 3 is 2.70 bits per heavy atom. The summed E-state index contributed by atoms with van der Waals surface area (Å²) >= 11 is 0. The first-order valence-corrected chi connectivity index (χ1v) is 7.18. The van der Waals surface area contributed by atoms with Crippen LogP contribution in [0.1, 0.15) is 39.4 Å². The number of carbonyl (C=O) groups is 1. The van der Waals surface area contributed by atoms with Crippen molar-refractivity contribution in [1.82, 2.24) is 0 Å². The van der Waals surface area contributed by atoms with E-state index in [0.717, 1.165) is 29.7 Å². The highest BCUT2D eigenvalue weighted by atomic mass is 16.5. The van der Waals surface area contributed by atoms with Gasteiger partial charge in [-0.25, -0.2) is 0 Å². The molecule has 0 saturated carbocycles. The third-order valence-electron chi connectivity index (χ3n) is 4.41. The topological polar surface area (TPSA) is 26.3 Å². The number of ether oxygens (including phenoxy) is 1. The minimum absolute atomic E-state index is 0.280. The summed E-state index contributed by atoms with van der Waals surface area (Å²) in [5.74, 6) is 1.51. The van der Waals surface area contributed by atoms with Gasteiger partial charge in [0.25, 0.3) is 0 Å². The van der Waals surface area contributed by atoms with Crippen molar-refractivity contribution in [2.24, 2.45) is 0 Å². The molecule has 0 amide bonds. The predicted molar refractivity (Wildman–Crippen MR) is 77.5 cm³/mol. The molecule has 0 fully saturated rings. The Balaban J connectivity index is 1.76. The molecule has 1 unspecified atom stereocenters. The Kier molecular flexibility index (Phi) is 2.62. The zero-order valence-electron chi connectivity index (χ0n) is 11.3. The van der Waals surface area contributed by atoms with Crippen molar-refractivity contribution in [2.45, 2.75) is 25.2 Å². The molecule has 1 heterocycles. The van der Waals surface area contributed by atoms with Gasteiger partial charge in [0.2, 0.25) is 0 Å². The van der Waals surface area contributed by atoms with E-state index in [1.807, 2.05) is 24.3 Å². The van der Waals surface area contributed by atoms with Crippen molar-refractivity contribution in [3.05, 3.63) is 64.7 Å². The molecule has 4 rings (SSSR count). The highest BCUT2D eigenvalue weighted by molar-refractivity contribution is 6.01. The van der Waals surface area contributed by atoms with Crippen molar-refractivity contribution < 1.29 is 9.53 Å². The number of Topliss-reactive ketones (excluding diaryl/α,β-unsaturated/α-hetero) is 1. The molecule has 2 aromatic carbocycles. The molecule has 1 atom stereocenters. The molecule has 2 aliphatic rings. The van der Waals surface area contributed by atoms with Crippen LogP contribution in [0.25, 0.3) is 0 Å². The van der Waals surface area contributed by atoms with Crippen molar-refractivity contribution in [3.8, 4) is 5.75 Å². The van der Waals surface area contributed by atoms with Crippen LogP contribution in [0.3, 0.4) is 0 Å². The summed E-state index contributed by atoms with van der Waals surface area (Å²) in [6, 6.07) is 14.5. The van der Waals surface area contributed by atoms with Crippen LogP contribution in [-0.2, 0) is 12.8 Å². The lowest BCUT2D eigenvalue weighted by Crippen LogP contribution is -2.20. The van der Waals surface area contributed by atoms with Crippen LogP contribution < -0.4 is 4.74 Å². The molecule has 0 saturated heterocycles. The molecular formula is C18H16O2. The number of rotatable bonds is 1.